The van der Waals surface area contributed by atoms with Gasteiger partial charge < -0.3 is 10.1 Å². The molecule has 0 saturated heterocycles. The van der Waals surface area contributed by atoms with Crippen LogP contribution < -0.4 is 10.1 Å². The second kappa shape index (κ2) is 9.02. The first kappa shape index (κ1) is 21.1. The second-order valence-electron chi connectivity index (χ2n) is 7.24. The molecule has 0 aliphatic heterocycles. The molecule has 0 fully saturated rings. The molecule has 0 saturated carbocycles. The van der Waals surface area contributed by atoms with Gasteiger partial charge in [0.1, 0.15) is 5.82 Å². The van der Waals surface area contributed by atoms with E-state index in [4.69, 9.17) is 4.74 Å². The molecule has 0 atom stereocenters. The molecular weight excluding hydrogens is 442 g/mol. The summed E-state index contributed by atoms with van der Waals surface area (Å²) in [5, 5.41) is 15.7. The molecule has 1 amide bonds. The van der Waals surface area contributed by atoms with Crippen LogP contribution in [0, 0.1) is 11.6 Å². The number of carbonyl (C=O) groups excluding carboxylic acids is 1. The molecule has 10 heteroatoms. The lowest BCUT2D eigenvalue weighted by atomic mass is 10.1. The molecule has 0 radical (unpaired) electrons. The number of halogens is 2. The number of aromatic nitrogens is 5. The number of nitrogens with one attached hydrogen (secondary N) is 1. The summed E-state index contributed by atoms with van der Waals surface area (Å²) in [4.78, 5) is 16.3. The van der Waals surface area contributed by atoms with Crippen molar-refractivity contribution in [2.45, 2.75) is 0 Å². The number of nitrogens with zero attached hydrogens (tertiary/aromatic N) is 5. The van der Waals surface area contributed by atoms with Gasteiger partial charge in [-0.05, 0) is 48.5 Å². The van der Waals surface area contributed by atoms with Gasteiger partial charge in [0.25, 0.3) is 5.91 Å². The van der Waals surface area contributed by atoms with Gasteiger partial charge in [0.15, 0.2) is 29.6 Å². The van der Waals surface area contributed by atoms with Crippen molar-refractivity contribution in [1.29, 1.82) is 0 Å². The first-order valence-corrected chi connectivity index (χ1v) is 10.2. The molecule has 34 heavy (non-hydrogen) atoms. The number of ether oxygens (including phenoxy) is 1. The van der Waals surface area contributed by atoms with Crippen LogP contribution >= 0.6 is 0 Å². The Morgan fingerprint density at radius 2 is 1.79 bits per heavy atom. The summed E-state index contributed by atoms with van der Waals surface area (Å²) in [5.74, 6) is -1.73. The maximum atomic E-state index is 13.7. The fourth-order valence-corrected chi connectivity index (χ4v) is 3.31. The molecule has 0 spiro atoms. The summed E-state index contributed by atoms with van der Waals surface area (Å²) in [6, 6.07) is 17.2. The van der Waals surface area contributed by atoms with Crippen molar-refractivity contribution in [3.63, 3.8) is 0 Å². The smallest absolute Gasteiger partial charge is 0.262 e. The predicted octanol–water partition coefficient (Wildman–Crippen LogP) is 4.15. The van der Waals surface area contributed by atoms with E-state index in [1.165, 1.54) is 0 Å². The molecule has 0 bridgehead atoms. The minimum atomic E-state index is -0.878. The number of pyridine rings is 1. The molecular formula is C24H16F2N6O2. The monoisotopic (exact) mass is 458 g/mol. The highest BCUT2D eigenvalue weighted by Crippen LogP contribution is 2.23. The first-order valence-electron chi connectivity index (χ1n) is 10.2. The average molecular weight is 458 g/mol. The van der Waals surface area contributed by atoms with Gasteiger partial charge in [-0.2, -0.15) is 9.61 Å². The number of hydrogen-bond donors (Lipinski definition) is 1. The van der Waals surface area contributed by atoms with Crippen LogP contribution in [0.15, 0.2) is 79.1 Å². The highest BCUT2D eigenvalue weighted by molar-refractivity contribution is 5.92. The Labute approximate surface area is 191 Å². The standard InChI is InChI=1S/C24H16F2N6O2/c25-17-4-6-21(19(26)13-17)34-14-23(33)28-18-3-1-2-16(12-18)20-5-7-22-29-30-24(32(22)31-20)15-8-10-27-11-9-15/h1-13H,14H2,(H,28,33). The SMILES string of the molecule is O=C(COc1ccc(F)cc1F)Nc1cccc(-c2ccc3nnc(-c4ccncc4)n3n2)c1. The highest BCUT2D eigenvalue weighted by Gasteiger charge is 2.12. The molecule has 3 heterocycles. The van der Waals surface area contributed by atoms with Gasteiger partial charge in [-0.1, -0.05) is 12.1 Å². The van der Waals surface area contributed by atoms with E-state index in [0.717, 1.165) is 23.3 Å². The molecule has 0 unspecified atom stereocenters. The van der Waals surface area contributed by atoms with Crippen molar-refractivity contribution in [1.82, 2.24) is 24.8 Å². The van der Waals surface area contributed by atoms with Crippen LogP contribution in [0.3, 0.4) is 0 Å². The molecule has 2 aromatic carbocycles. The lowest BCUT2D eigenvalue weighted by Crippen LogP contribution is -2.20. The van der Waals surface area contributed by atoms with Gasteiger partial charge in [0.05, 0.1) is 5.69 Å². The van der Waals surface area contributed by atoms with Crippen molar-refractivity contribution >= 4 is 17.2 Å². The van der Waals surface area contributed by atoms with Gasteiger partial charge in [-0.15, -0.1) is 10.2 Å². The van der Waals surface area contributed by atoms with E-state index in [2.05, 4.69) is 25.6 Å². The average Bonchev–Trinajstić information content (AvgIpc) is 3.27. The molecule has 5 rings (SSSR count). The van der Waals surface area contributed by atoms with Crippen LogP contribution in [0.2, 0.25) is 0 Å². The van der Waals surface area contributed by atoms with Crippen LogP contribution in [0.4, 0.5) is 14.5 Å². The van der Waals surface area contributed by atoms with Gasteiger partial charge in [-0.3, -0.25) is 9.78 Å². The summed E-state index contributed by atoms with van der Waals surface area (Å²) in [6.45, 7) is -0.438. The van der Waals surface area contributed by atoms with E-state index in [1.54, 1.807) is 41.2 Å². The zero-order valence-corrected chi connectivity index (χ0v) is 17.5. The summed E-state index contributed by atoms with van der Waals surface area (Å²) in [7, 11) is 0. The number of hydrogen-bond acceptors (Lipinski definition) is 6. The van der Waals surface area contributed by atoms with Gasteiger partial charge in [0.2, 0.25) is 0 Å². The van der Waals surface area contributed by atoms with E-state index in [9.17, 15) is 13.6 Å². The third-order valence-corrected chi connectivity index (χ3v) is 4.90. The Hall–Kier alpha value is -4.73. The van der Waals surface area contributed by atoms with Crippen LogP contribution in [-0.4, -0.2) is 37.3 Å². The quantitative estimate of drug-likeness (QED) is 0.411. The number of carbonyl (C=O) groups is 1. The maximum absolute atomic E-state index is 13.7. The van der Waals surface area contributed by atoms with E-state index >= 15 is 0 Å². The number of amides is 1. The summed E-state index contributed by atoms with van der Waals surface area (Å²) < 4.78 is 33.5. The Morgan fingerprint density at radius 3 is 2.62 bits per heavy atom. The van der Waals surface area contributed by atoms with Crippen LogP contribution in [0.5, 0.6) is 5.75 Å². The molecule has 5 aromatic rings. The lowest BCUT2D eigenvalue weighted by molar-refractivity contribution is -0.118. The van der Waals surface area contributed by atoms with Crippen molar-refractivity contribution < 1.29 is 18.3 Å². The second-order valence-corrected chi connectivity index (χ2v) is 7.24. The molecule has 0 aliphatic rings. The normalized spacial score (nSPS) is 10.9. The first-order chi connectivity index (χ1) is 16.6. The van der Waals surface area contributed by atoms with Crippen LogP contribution in [0.25, 0.3) is 28.3 Å². The third-order valence-electron chi connectivity index (χ3n) is 4.90. The number of anilines is 1. The van der Waals surface area contributed by atoms with E-state index in [-0.39, 0.29) is 5.75 Å². The van der Waals surface area contributed by atoms with E-state index < -0.39 is 24.1 Å². The molecule has 1 N–H and O–H groups in total. The Bertz CT molecular complexity index is 1490. The Morgan fingerprint density at radius 1 is 0.941 bits per heavy atom. The third kappa shape index (κ3) is 4.42. The fraction of sp³-hybridized carbons (Fsp3) is 0.0417. The zero-order valence-electron chi connectivity index (χ0n) is 17.5. The predicted molar refractivity (Wildman–Crippen MR) is 120 cm³/mol. The zero-order chi connectivity index (χ0) is 23.5. The van der Waals surface area contributed by atoms with Crippen molar-refractivity contribution in [3.05, 3.63) is 90.8 Å². The molecule has 3 aromatic heterocycles. The van der Waals surface area contributed by atoms with Crippen molar-refractivity contribution in [2.75, 3.05) is 11.9 Å². The number of fused-ring (bicyclic) bond motifs is 1. The van der Waals surface area contributed by atoms with Crippen LogP contribution in [-0.2, 0) is 4.79 Å². The topological polar surface area (TPSA) is 94.3 Å². The summed E-state index contributed by atoms with van der Waals surface area (Å²) in [6.07, 6.45) is 3.33. The minimum Gasteiger partial charge on any atom is -0.481 e. The fourth-order valence-electron chi connectivity index (χ4n) is 3.31. The summed E-state index contributed by atoms with van der Waals surface area (Å²) >= 11 is 0. The lowest BCUT2D eigenvalue weighted by Gasteiger charge is -2.09. The Balaban J connectivity index is 1.34. The molecule has 168 valence electrons. The van der Waals surface area contributed by atoms with E-state index in [1.807, 2.05) is 24.3 Å². The van der Waals surface area contributed by atoms with Gasteiger partial charge in [-0.25, -0.2) is 8.78 Å². The number of rotatable bonds is 6. The largest absolute Gasteiger partial charge is 0.481 e. The van der Waals surface area contributed by atoms with Crippen LogP contribution in [0.1, 0.15) is 0 Å². The number of benzene rings is 2. The highest BCUT2D eigenvalue weighted by atomic mass is 19.1. The minimum absolute atomic E-state index is 0.207. The Kier molecular flexibility index (Phi) is 5.61. The van der Waals surface area contributed by atoms with Gasteiger partial charge in [0, 0.05) is 35.3 Å². The van der Waals surface area contributed by atoms with E-state index in [0.29, 0.717) is 28.9 Å². The van der Waals surface area contributed by atoms with Crippen molar-refractivity contribution in [2.24, 2.45) is 0 Å². The molecule has 8 nitrogen and oxygen atoms in total. The van der Waals surface area contributed by atoms with Gasteiger partial charge >= 0.3 is 0 Å². The van der Waals surface area contributed by atoms with Crippen molar-refractivity contribution in [3.8, 4) is 28.4 Å². The summed E-state index contributed by atoms with van der Waals surface area (Å²) in [5.41, 5.74) is 3.31. The molecule has 0 aliphatic carbocycles. The maximum Gasteiger partial charge on any atom is 0.262 e.